The molecule has 1 aliphatic carbocycles. The van der Waals surface area contributed by atoms with E-state index in [1.165, 1.54) is 12.6 Å². The molecule has 104 valence electrons. The first-order valence-corrected chi connectivity index (χ1v) is 7.65. The van der Waals surface area contributed by atoms with E-state index >= 15 is 0 Å². The Morgan fingerprint density at radius 3 is 2.68 bits per heavy atom. The lowest BCUT2D eigenvalue weighted by molar-refractivity contribution is -0.137. The average molecular weight is 283 g/mol. The Morgan fingerprint density at radius 1 is 1.32 bits per heavy atom. The lowest BCUT2D eigenvalue weighted by Gasteiger charge is -2.16. The lowest BCUT2D eigenvalue weighted by Crippen LogP contribution is -2.29. The standard InChI is InChI=1S/C13H17NO4S/c1-14(8-7-13(15)16)19(17,18)12-6-5-10-3-2-4-11(10)9-12/h5-6,9H,2-4,7-8H2,1H3,(H,15,16). The minimum absolute atomic E-state index is 0.0191. The van der Waals surface area contributed by atoms with Crippen molar-refractivity contribution < 1.29 is 18.3 Å². The largest absolute Gasteiger partial charge is 0.481 e. The summed E-state index contributed by atoms with van der Waals surface area (Å²) in [6.07, 6.45) is 2.79. The third-order valence-corrected chi connectivity index (χ3v) is 5.27. The summed E-state index contributed by atoms with van der Waals surface area (Å²) in [5.41, 5.74) is 2.31. The fourth-order valence-corrected chi connectivity index (χ4v) is 3.48. The summed E-state index contributed by atoms with van der Waals surface area (Å²) in [5, 5.41) is 8.60. The third-order valence-electron chi connectivity index (χ3n) is 3.42. The van der Waals surface area contributed by atoms with E-state index in [-0.39, 0.29) is 17.9 Å². The highest BCUT2D eigenvalue weighted by Crippen LogP contribution is 2.25. The van der Waals surface area contributed by atoms with Gasteiger partial charge in [-0.3, -0.25) is 4.79 Å². The van der Waals surface area contributed by atoms with Crippen LogP contribution in [0.3, 0.4) is 0 Å². The topological polar surface area (TPSA) is 74.7 Å². The zero-order valence-electron chi connectivity index (χ0n) is 10.8. The van der Waals surface area contributed by atoms with E-state index in [9.17, 15) is 13.2 Å². The maximum atomic E-state index is 12.3. The molecular formula is C13H17NO4S. The number of hydrogen-bond acceptors (Lipinski definition) is 3. The Labute approximate surface area is 112 Å². The van der Waals surface area contributed by atoms with Gasteiger partial charge in [-0.1, -0.05) is 6.07 Å². The van der Waals surface area contributed by atoms with Gasteiger partial charge in [0.15, 0.2) is 0 Å². The van der Waals surface area contributed by atoms with E-state index in [1.54, 1.807) is 12.1 Å². The van der Waals surface area contributed by atoms with Gasteiger partial charge in [0.05, 0.1) is 11.3 Å². The number of aryl methyl sites for hydroxylation is 2. The molecule has 0 saturated carbocycles. The van der Waals surface area contributed by atoms with Crippen molar-refractivity contribution in [1.82, 2.24) is 4.31 Å². The van der Waals surface area contributed by atoms with E-state index in [2.05, 4.69) is 0 Å². The number of carboxylic acid groups (broad SMARTS) is 1. The van der Waals surface area contributed by atoms with Crippen LogP contribution in [-0.4, -0.2) is 37.4 Å². The molecule has 1 aliphatic rings. The number of carbonyl (C=O) groups is 1. The van der Waals surface area contributed by atoms with Crippen LogP contribution >= 0.6 is 0 Å². The van der Waals surface area contributed by atoms with Gasteiger partial charge in [-0.2, -0.15) is 0 Å². The molecule has 0 unspecified atom stereocenters. The van der Waals surface area contributed by atoms with Crippen molar-refractivity contribution >= 4 is 16.0 Å². The van der Waals surface area contributed by atoms with Gasteiger partial charge < -0.3 is 5.11 Å². The minimum atomic E-state index is -3.59. The molecule has 0 atom stereocenters. The Kier molecular flexibility index (Phi) is 3.91. The Bertz CT molecular complexity index is 595. The monoisotopic (exact) mass is 283 g/mol. The van der Waals surface area contributed by atoms with Crippen LogP contribution in [0.2, 0.25) is 0 Å². The van der Waals surface area contributed by atoms with Crippen LogP contribution in [0.4, 0.5) is 0 Å². The van der Waals surface area contributed by atoms with Crippen molar-refractivity contribution in [2.75, 3.05) is 13.6 Å². The molecule has 6 heteroatoms. The molecule has 1 aromatic carbocycles. The van der Waals surface area contributed by atoms with Crippen molar-refractivity contribution in [3.63, 3.8) is 0 Å². The van der Waals surface area contributed by atoms with E-state index in [0.29, 0.717) is 0 Å². The van der Waals surface area contributed by atoms with Gasteiger partial charge in [-0.25, -0.2) is 12.7 Å². The van der Waals surface area contributed by atoms with Crippen LogP contribution in [-0.2, 0) is 27.7 Å². The highest BCUT2D eigenvalue weighted by atomic mass is 32.2. The SMILES string of the molecule is CN(CCC(=O)O)S(=O)(=O)c1ccc2c(c1)CCC2. The number of fused-ring (bicyclic) bond motifs is 1. The minimum Gasteiger partial charge on any atom is -0.481 e. The Balaban J connectivity index is 2.21. The number of sulfonamides is 1. The molecule has 0 heterocycles. The quantitative estimate of drug-likeness (QED) is 0.883. The molecule has 1 aromatic rings. The smallest absolute Gasteiger partial charge is 0.304 e. The molecule has 0 fully saturated rings. The number of nitrogens with zero attached hydrogens (tertiary/aromatic N) is 1. The van der Waals surface area contributed by atoms with Gasteiger partial charge in [0, 0.05) is 13.6 Å². The van der Waals surface area contributed by atoms with Gasteiger partial charge >= 0.3 is 5.97 Å². The summed E-state index contributed by atoms with van der Waals surface area (Å²) >= 11 is 0. The molecule has 19 heavy (non-hydrogen) atoms. The number of rotatable bonds is 5. The van der Waals surface area contributed by atoms with E-state index in [1.807, 2.05) is 6.07 Å². The van der Waals surface area contributed by atoms with Crippen molar-refractivity contribution in [3.8, 4) is 0 Å². The molecule has 0 spiro atoms. The second kappa shape index (κ2) is 5.30. The summed E-state index contributed by atoms with van der Waals surface area (Å²) in [6, 6.07) is 5.19. The van der Waals surface area contributed by atoms with E-state index in [0.717, 1.165) is 29.1 Å². The first kappa shape index (κ1) is 14.0. The van der Waals surface area contributed by atoms with Crippen molar-refractivity contribution in [1.29, 1.82) is 0 Å². The predicted octanol–water partition coefficient (Wildman–Crippen LogP) is 1.27. The summed E-state index contributed by atoms with van der Waals surface area (Å²) in [4.78, 5) is 10.8. The van der Waals surface area contributed by atoms with Gasteiger partial charge in [0.1, 0.15) is 0 Å². The molecule has 0 aromatic heterocycles. The Morgan fingerprint density at radius 2 is 2.00 bits per heavy atom. The van der Waals surface area contributed by atoms with Crippen molar-refractivity contribution in [2.45, 2.75) is 30.6 Å². The maximum Gasteiger partial charge on any atom is 0.304 e. The fraction of sp³-hybridized carbons (Fsp3) is 0.462. The molecule has 0 bridgehead atoms. The number of carboxylic acids is 1. The number of aliphatic carboxylic acids is 1. The molecule has 0 saturated heterocycles. The first-order valence-electron chi connectivity index (χ1n) is 6.21. The highest BCUT2D eigenvalue weighted by Gasteiger charge is 2.23. The summed E-state index contributed by atoms with van der Waals surface area (Å²) in [7, 11) is -2.18. The van der Waals surface area contributed by atoms with Gasteiger partial charge in [-0.05, 0) is 42.5 Å². The zero-order chi connectivity index (χ0) is 14.0. The summed E-state index contributed by atoms with van der Waals surface area (Å²) in [6.45, 7) is -0.0191. The molecule has 0 amide bonds. The second-order valence-corrected chi connectivity index (χ2v) is 6.80. The molecular weight excluding hydrogens is 266 g/mol. The second-order valence-electron chi connectivity index (χ2n) is 4.75. The number of benzene rings is 1. The average Bonchev–Trinajstić information content (AvgIpc) is 2.82. The van der Waals surface area contributed by atoms with E-state index in [4.69, 9.17) is 5.11 Å². The lowest BCUT2D eigenvalue weighted by atomic mass is 10.1. The van der Waals surface area contributed by atoms with Crippen LogP contribution < -0.4 is 0 Å². The zero-order valence-corrected chi connectivity index (χ0v) is 11.6. The van der Waals surface area contributed by atoms with E-state index < -0.39 is 16.0 Å². The predicted molar refractivity (Wildman–Crippen MR) is 70.5 cm³/mol. The van der Waals surface area contributed by atoms with Crippen molar-refractivity contribution in [2.24, 2.45) is 0 Å². The molecule has 0 aliphatic heterocycles. The van der Waals surface area contributed by atoms with Crippen LogP contribution in [0.15, 0.2) is 23.1 Å². The van der Waals surface area contributed by atoms with Crippen LogP contribution in [0.5, 0.6) is 0 Å². The Hall–Kier alpha value is -1.40. The summed E-state index contributed by atoms with van der Waals surface area (Å²) in [5.74, 6) is -1.00. The van der Waals surface area contributed by atoms with Gasteiger partial charge in [0.2, 0.25) is 10.0 Å². The molecule has 2 rings (SSSR count). The normalized spacial score (nSPS) is 14.6. The molecule has 5 nitrogen and oxygen atoms in total. The fourth-order valence-electron chi connectivity index (χ4n) is 2.26. The third kappa shape index (κ3) is 2.96. The molecule has 1 N–H and O–H groups in total. The first-order chi connectivity index (χ1) is 8.91. The van der Waals surface area contributed by atoms with Gasteiger partial charge in [0.25, 0.3) is 0 Å². The molecule has 0 radical (unpaired) electrons. The van der Waals surface area contributed by atoms with Crippen LogP contribution in [0.25, 0.3) is 0 Å². The summed E-state index contributed by atoms with van der Waals surface area (Å²) < 4.78 is 25.7. The van der Waals surface area contributed by atoms with Gasteiger partial charge in [-0.15, -0.1) is 0 Å². The highest BCUT2D eigenvalue weighted by molar-refractivity contribution is 7.89. The van der Waals surface area contributed by atoms with Crippen molar-refractivity contribution in [3.05, 3.63) is 29.3 Å². The van der Waals surface area contributed by atoms with Crippen LogP contribution in [0.1, 0.15) is 24.0 Å². The maximum absolute atomic E-state index is 12.3. The number of hydrogen-bond donors (Lipinski definition) is 1. The van der Waals surface area contributed by atoms with Crippen LogP contribution in [0, 0.1) is 0 Å².